The zero-order valence-corrected chi connectivity index (χ0v) is 7.70. The number of nitrogens with one attached hydrogen (secondary N) is 1. The third-order valence-electron chi connectivity index (χ3n) is 1.76. The lowest BCUT2D eigenvalue weighted by Crippen LogP contribution is -2.22. The second-order valence-corrected chi connectivity index (χ2v) is 2.65. The van der Waals surface area contributed by atoms with Crippen LogP contribution in [0.25, 0.3) is 0 Å². The van der Waals surface area contributed by atoms with Gasteiger partial charge in [-0.2, -0.15) is 0 Å². The highest BCUT2D eigenvalue weighted by Gasteiger charge is 2.00. The lowest BCUT2D eigenvalue weighted by Gasteiger charge is -2.05. The van der Waals surface area contributed by atoms with E-state index in [1.807, 2.05) is 13.0 Å². The van der Waals surface area contributed by atoms with Gasteiger partial charge in [-0.3, -0.25) is 4.98 Å². The molecule has 4 heteroatoms. The molecule has 0 aliphatic carbocycles. The number of rotatable bonds is 2. The summed E-state index contributed by atoms with van der Waals surface area (Å²) in [6, 6.07) is 1.90. The van der Waals surface area contributed by atoms with Gasteiger partial charge in [0.05, 0.1) is 7.11 Å². The first kappa shape index (κ1) is 9.51. The van der Waals surface area contributed by atoms with Crippen LogP contribution in [0.15, 0.2) is 18.5 Å². The molecule has 0 saturated carbocycles. The van der Waals surface area contributed by atoms with Crippen LogP contribution in [0.4, 0.5) is 4.79 Å². The minimum atomic E-state index is -0.428. The highest BCUT2D eigenvalue weighted by Crippen LogP contribution is 2.03. The molecule has 1 rings (SSSR count). The Bertz CT molecular complexity index is 299. The zero-order chi connectivity index (χ0) is 9.68. The molecule has 1 aromatic heterocycles. The number of carbonyl (C=O) groups excluding carboxylic acids is 1. The second-order valence-electron chi connectivity index (χ2n) is 2.65. The van der Waals surface area contributed by atoms with E-state index in [-0.39, 0.29) is 0 Å². The molecule has 0 aliphatic heterocycles. The van der Waals surface area contributed by atoms with Crippen LogP contribution in [0, 0.1) is 6.92 Å². The number of aromatic nitrogens is 1. The number of alkyl carbamates (subject to hydrolysis) is 1. The third kappa shape index (κ3) is 2.74. The van der Waals surface area contributed by atoms with Gasteiger partial charge in [-0.25, -0.2) is 4.79 Å². The topological polar surface area (TPSA) is 51.2 Å². The fourth-order valence-corrected chi connectivity index (χ4v) is 0.921. The Balaban J connectivity index is 2.54. The lowest BCUT2D eigenvalue weighted by atomic mass is 10.2. The van der Waals surface area contributed by atoms with E-state index in [0.717, 1.165) is 11.1 Å². The molecule has 1 N–H and O–H groups in total. The van der Waals surface area contributed by atoms with Gasteiger partial charge in [0.1, 0.15) is 0 Å². The molecule has 1 amide bonds. The lowest BCUT2D eigenvalue weighted by molar-refractivity contribution is 0.170. The zero-order valence-electron chi connectivity index (χ0n) is 7.70. The summed E-state index contributed by atoms with van der Waals surface area (Å²) in [5.74, 6) is 0. The van der Waals surface area contributed by atoms with E-state index < -0.39 is 6.09 Å². The molecule has 0 radical (unpaired) electrons. The summed E-state index contributed by atoms with van der Waals surface area (Å²) in [6.45, 7) is 2.42. The first-order valence-corrected chi connectivity index (χ1v) is 3.95. The summed E-state index contributed by atoms with van der Waals surface area (Å²) in [5, 5.41) is 2.59. The molecule has 0 fully saturated rings. The molecular weight excluding hydrogens is 168 g/mol. The Kier molecular flexibility index (Phi) is 3.25. The van der Waals surface area contributed by atoms with Gasteiger partial charge in [0.15, 0.2) is 0 Å². The summed E-state index contributed by atoms with van der Waals surface area (Å²) >= 11 is 0. The van der Waals surface area contributed by atoms with Crippen LogP contribution in [0.1, 0.15) is 11.1 Å². The smallest absolute Gasteiger partial charge is 0.407 e. The van der Waals surface area contributed by atoms with E-state index in [4.69, 9.17) is 0 Å². The Hall–Kier alpha value is -1.58. The first-order chi connectivity index (χ1) is 6.24. The van der Waals surface area contributed by atoms with E-state index in [1.165, 1.54) is 7.11 Å². The monoisotopic (exact) mass is 180 g/mol. The van der Waals surface area contributed by atoms with Crippen molar-refractivity contribution in [3.8, 4) is 0 Å². The number of pyridine rings is 1. The molecule has 70 valence electrons. The molecule has 4 nitrogen and oxygen atoms in total. The highest BCUT2D eigenvalue weighted by molar-refractivity contribution is 5.66. The van der Waals surface area contributed by atoms with Crippen LogP contribution in [-0.2, 0) is 11.3 Å². The predicted molar refractivity (Wildman–Crippen MR) is 48.2 cm³/mol. The van der Waals surface area contributed by atoms with Gasteiger partial charge < -0.3 is 10.1 Å². The SMILES string of the molecule is COC(=O)NCc1cnccc1C. The number of amides is 1. The summed E-state index contributed by atoms with van der Waals surface area (Å²) in [5.41, 5.74) is 2.10. The van der Waals surface area contributed by atoms with Crippen molar-refractivity contribution in [1.82, 2.24) is 10.3 Å². The second kappa shape index (κ2) is 4.45. The van der Waals surface area contributed by atoms with Gasteiger partial charge in [-0.1, -0.05) is 0 Å². The Morgan fingerprint density at radius 2 is 2.46 bits per heavy atom. The van der Waals surface area contributed by atoms with Gasteiger partial charge in [0.25, 0.3) is 0 Å². The third-order valence-corrected chi connectivity index (χ3v) is 1.76. The average Bonchev–Trinajstić information content (AvgIpc) is 2.16. The summed E-state index contributed by atoms with van der Waals surface area (Å²) in [6.07, 6.45) is 3.02. The van der Waals surface area contributed by atoms with Gasteiger partial charge in [-0.15, -0.1) is 0 Å². The van der Waals surface area contributed by atoms with Crippen molar-refractivity contribution in [1.29, 1.82) is 0 Å². The van der Waals surface area contributed by atoms with Crippen molar-refractivity contribution < 1.29 is 9.53 Å². The number of aryl methyl sites for hydroxylation is 1. The highest BCUT2D eigenvalue weighted by atomic mass is 16.5. The number of hydrogen-bond donors (Lipinski definition) is 1. The standard InChI is InChI=1S/C9H12N2O2/c1-7-3-4-10-5-8(7)6-11-9(12)13-2/h3-5H,6H2,1-2H3,(H,11,12). The molecular formula is C9H12N2O2. The average molecular weight is 180 g/mol. The van der Waals surface area contributed by atoms with Gasteiger partial charge >= 0.3 is 6.09 Å². The molecule has 0 atom stereocenters. The predicted octanol–water partition coefficient (Wildman–Crippen LogP) is 1.25. The Morgan fingerprint density at radius 1 is 1.69 bits per heavy atom. The first-order valence-electron chi connectivity index (χ1n) is 3.95. The minimum Gasteiger partial charge on any atom is -0.453 e. The van der Waals surface area contributed by atoms with E-state index >= 15 is 0 Å². The number of nitrogens with zero attached hydrogens (tertiary/aromatic N) is 1. The molecule has 1 heterocycles. The minimum absolute atomic E-state index is 0.428. The van der Waals surface area contributed by atoms with Crippen LogP contribution in [-0.4, -0.2) is 18.2 Å². The van der Waals surface area contributed by atoms with Crippen molar-refractivity contribution in [3.05, 3.63) is 29.6 Å². The van der Waals surface area contributed by atoms with Crippen LogP contribution in [0.2, 0.25) is 0 Å². The maximum Gasteiger partial charge on any atom is 0.407 e. The maximum absolute atomic E-state index is 10.7. The van der Waals surface area contributed by atoms with Crippen molar-refractivity contribution in [3.63, 3.8) is 0 Å². The molecule has 0 spiro atoms. The van der Waals surface area contributed by atoms with E-state index in [2.05, 4.69) is 15.0 Å². The normalized spacial score (nSPS) is 9.38. The van der Waals surface area contributed by atoms with Crippen LogP contribution >= 0.6 is 0 Å². The maximum atomic E-state index is 10.7. The number of methoxy groups -OCH3 is 1. The fourth-order valence-electron chi connectivity index (χ4n) is 0.921. The number of carbonyl (C=O) groups is 1. The van der Waals surface area contributed by atoms with E-state index in [0.29, 0.717) is 6.54 Å². The molecule has 0 aromatic carbocycles. The number of hydrogen-bond acceptors (Lipinski definition) is 3. The van der Waals surface area contributed by atoms with Crippen LogP contribution in [0.3, 0.4) is 0 Å². The Morgan fingerprint density at radius 3 is 3.08 bits per heavy atom. The molecule has 13 heavy (non-hydrogen) atoms. The summed E-state index contributed by atoms with van der Waals surface area (Å²) in [4.78, 5) is 14.7. The molecule has 0 aliphatic rings. The summed E-state index contributed by atoms with van der Waals surface area (Å²) < 4.78 is 4.44. The Labute approximate surface area is 76.9 Å². The quantitative estimate of drug-likeness (QED) is 0.745. The van der Waals surface area contributed by atoms with Crippen molar-refractivity contribution >= 4 is 6.09 Å². The van der Waals surface area contributed by atoms with Gasteiger partial charge in [0.2, 0.25) is 0 Å². The van der Waals surface area contributed by atoms with Crippen molar-refractivity contribution in [2.24, 2.45) is 0 Å². The summed E-state index contributed by atoms with van der Waals surface area (Å²) in [7, 11) is 1.34. The van der Waals surface area contributed by atoms with E-state index in [9.17, 15) is 4.79 Å². The molecule has 0 saturated heterocycles. The molecule has 0 bridgehead atoms. The van der Waals surface area contributed by atoms with E-state index in [1.54, 1.807) is 12.4 Å². The number of ether oxygens (including phenoxy) is 1. The van der Waals surface area contributed by atoms with Crippen molar-refractivity contribution in [2.45, 2.75) is 13.5 Å². The van der Waals surface area contributed by atoms with Crippen molar-refractivity contribution in [2.75, 3.05) is 7.11 Å². The largest absolute Gasteiger partial charge is 0.453 e. The molecule has 1 aromatic rings. The van der Waals surface area contributed by atoms with Gasteiger partial charge in [-0.05, 0) is 24.1 Å². The van der Waals surface area contributed by atoms with Gasteiger partial charge in [0, 0.05) is 18.9 Å². The fraction of sp³-hybridized carbons (Fsp3) is 0.333. The van der Waals surface area contributed by atoms with Crippen LogP contribution in [0.5, 0.6) is 0 Å². The van der Waals surface area contributed by atoms with Crippen LogP contribution < -0.4 is 5.32 Å². The molecule has 0 unspecified atom stereocenters.